The SMILES string of the molecule is COc1ccccc1CCC(=O)N[C@@H](C)c1nnc(C(C)C)o1. The van der Waals surface area contributed by atoms with Crippen molar-refractivity contribution in [2.24, 2.45) is 0 Å². The molecule has 0 saturated heterocycles. The maximum Gasteiger partial charge on any atom is 0.238 e. The molecule has 2 rings (SSSR count). The second kappa shape index (κ2) is 7.76. The topological polar surface area (TPSA) is 77.2 Å². The molecule has 1 N–H and O–H groups in total. The van der Waals surface area contributed by atoms with Crippen LogP contribution in [0.2, 0.25) is 0 Å². The number of benzene rings is 1. The minimum Gasteiger partial charge on any atom is -0.496 e. The van der Waals surface area contributed by atoms with Crippen LogP contribution in [0.1, 0.15) is 56.5 Å². The van der Waals surface area contributed by atoms with Crippen LogP contribution in [0.15, 0.2) is 28.7 Å². The smallest absolute Gasteiger partial charge is 0.238 e. The Balaban J connectivity index is 1.88. The number of hydrogen-bond acceptors (Lipinski definition) is 5. The van der Waals surface area contributed by atoms with E-state index in [1.54, 1.807) is 7.11 Å². The number of ether oxygens (including phenoxy) is 1. The van der Waals surface area contributed by atoms with E-state index < -0.39 is 0 Å². The van der Waals surface area contributed by atoms with Gasteiger partial charge in [-0.25, -0.2) is 0 Å². The number of carbonyl (C=O) groups excluding carboxylic acids is 1. The maximum absolute atomic E-state index is 12.1. The van der Waals surface area contributed by atoms with Gasteiger partial charge in [-0.1, -0.05) is 32.0 Å². The van der Waals surface area contributed by atoms with Gasteiger partial charge in [0.25, 0.3) is 0 Å². The highest BCUT2D eigenvalue weighted by molar-refractivity contribution is 5.76. The molecule has 6 nitrogen and oxygen atoms in total. The van der Waals surface area contributed by atoms with Crippen LogP contribution in [0.5, 0.6) is 5.75 Å². The van der Waals surface area contributed by atoms with Crippen molar-refractivity contribution in [1.29, 1.82) is 0 Å². The molecule has 0 saturated carbocycles. The number of aryl methyl sites for hydroxylation is 1. The lowest BCUT2D eigenvalue weighted by atomic mass is 10.1. The number of para-hydroxylation sites is 1. The molecular formula is C17H23N3O3. The van der Waals surface area contributed by atoms with Crippen molar-refractivity contribution in [3.05, 3.63) is 41.6 Å². The van der Waals surface area contributed by atoms with Crippen molar-refractivity contribution >= 4 is 5.91 Å². The summed E-state index contributed by atoms with van der Waals surface area (Å²) in [5, 5.41) is 10.8. The average molecular weight is 317 g/mol. The quantitative estimate of drug-likeness (QED) is 0.849. The monoisotopic (exact) mass is 317 g/mol. The van der Waals surface area contributed by atoms with Crippen molar-refractivity contribution in [3.8, 4) is 5.75 Å². The van der Waals surface area contributed by atoms with Crippen LogP contribution >= 0.6 is 0 Å². The van der Waals surface area contributed by atoms with Crippen molar-refractivity contribution in [2.75, 3.05) is 7.11 Å². The van der Waals surface area contributed by atoms with Gasteiger partial charge < -0.3 is 14.5 Å². The summed E-state index contributed by atoms with van der Waals surface area (Å²) in [5.41, 5.74) is 1.01. The zero-order chi connectivity index (χ0) is 16.8. The Bertz CT molecular complexity index is 652. The fourth-order valence-corrected chi connectivity index (χ4v) is 2.19. The first kappa shape index (κ1) is 17.0. The first-order valence-electron chi connectivity index (χ1n) is 7.75. The molecule has 1 heterocycles. The lowest BCUT2D eigenvalue weighted by molar-refractivity contribution is -0.121. The van der Waals surface area contributed by atoms with Gasteiger partial charge in [-0.05, 0) is 25.0 Å². The van der Waals surface area contributed by atoms with Crippen molar-refractivity contribution < 1.29 is 13.9 Å². The lowest BCUT2D eigenvalue weighted by Gasteiger charge is -2.11. The van der Waals surface area contributed by atoms with Crippen LogP contribution in [-0.2, 0) is 11.2 Å². The first-order chi connectivity index (χ1) is 11.0. The minimum absolute atomic E-state index is 0.0623. The molecule has 0 aliphatic heterocycles. The predicted octanol–water partition coefficient (Wildman–Crippen LogP) is 3.01. The first-order valence-corrected chi connectivity index (χ1v) is 7.75. The van der Waals surface area contributed by atoms with Crippen LogP contribution in [0.4, 0.5) is 0 Å². The highest BCUT2D eigenvalue weighted by Gasteiger charge is 2.17. The normalized spacial score (nSPS) is 12.2. The molecule has 1 atom stereocenters. The van der Waals surface area contributed by atoms with Crippen LogP contribution in [0.3, 0.4) is 0 Å². The van der Waals surface area contributed by atoms with E-state index in [0.29, 0.717) is 24.6 Å². The molecule has 0 aliphatic carbocycles. The van der Waals surface area contributed by atoms with Crippen molar-refractivity contribution in [2.45, 2.75) is 45.6 Å². The number of amides is 1. The zero-order valence-electron chi connectivity index (χ0n) is 14.0. The van der Waals surface area contributed by atoms with E-state index in [1.165, 1.54) is 0 Å². The molecular weight excluding hydrogens is 294 g/mol. The average Bonchev–Trinajstić information content (AvgIpc) is 3.03. The molecule has 0 radical (unpaired) electrons. The Kier molecular flexibility index (Phi) is 5.73. The molecule has 0 aliphatic rings. The van der Waals surface area contributed by atoms with E-state index >= 15 is 0 Å². The van der Waals surface area contributed by atoms with E-state index in [9.17, 15) is 4.79 Å². The third-order valence-corrected chi connectivity index (χ3v) is 3.51. The van der Waals surface area contributed by atoms with Crippen LogP contribution in [0.25, 0.3) is 0 Å². The van der Waals surface area contributed by atoms with E-state index in [1.807, 2.05) is 45.0 Å². The Morgan fingerprint density at radius 1 is 1.22 bits per heavy atom. The molecule has 2 aromatic rings. The van der Waals surface area contributed by atoms with Crippen LogP contribution in [0, 0.1) is 0 Å². The molecule has 1 amide bonds. The van der Waals surface area contributed by atoms with Gasteiger partial charge in [-0.2, -0.15) is 0 Å². The summed E-state index contributed by atoms with van der Waals surface area (Å²) < 4.78 is 10.8. The van der Waals surface area contributed by atoms with Gasteiger partial charge in [-0.3, -0.25) is 4.79 Å². The van der Waals surface area contributed by atoms with Gasteiger partial charge in [0.15, 0.2) is 0 Å². The van der Waals surface area contributed by atoms with Crippen molar-refractivity contribution in [3.63, 3.8) is 0 Å². The standard InChI is InChI=1S/C17H23N3O3/c1-11(2)16-19-20-17(23-16)12(3)18-15(21)10-9-13-7-5-6-8-14(13)22-4/h5-8,11-12H,9-10H2,1-4H3,(H,18,21)/t12-/m0/s1. The Morgan fingerprint density at radius 3 is 2.57 bits per heavy atom. The summed E-state index contributed by atoms with van der Waals surface area (Å²) in [4.78, 5) is 12.1. The van der Waals surface area contributed by atoms with E-state index in [0.717, 1.165) is 11.3 Å². The van der Waals surface area contributed by atoms with E-state index in [-0.39, 0.29) is 17.9 Å². The third-order valence-electron chi connectivity index (χ3n) is 3.51. The molecule has 0 unspecified atom stereocenters. The molecule has 6 heteroatoms. The minimum atomic E-state index is -0.305. The summed E-state index contributed by atoms with van der Waals surface area (Å²) in [5.74, 6) is 1.92. The number of carbonyl (C=O) groups is 1. The largest absolute Gasteiger partial charge is 0.496 e. The predicted molar refractivity (Wildman–Crippen MR) is 86.3 cm³/mol. The number of hydrogen-bond donors (Lipinski definition) is 1. The summed E-state index contributed by atoms with van der Waals surface area (Å²) in [6, 6.07) is 7.39. The number of nitrogens with one attached hydrogen (secondary N) is 1. The van der Waals surface area contributed by atoms with Gasteiger partial charge in [0.05, 0.1) is 7.11 Å². The molecule has 0 spiro atoms. The molecule has 124 valence electrons. The molecule has 23 heavy (non-hydrogen) atoms. The van der Waals surface area contributed by atoms with Crippen LogP contribution < -0.4 is 10.1 Å². The Morgan fingerprint density at radius 2 is 1.91 bits per heavy atom. The highest BCUT2D eigenvalue weighted by Crippen LogP contribution is 2.19. The number of aromatic nitrogens is 2. The number of nitrogens with zero attached hydrogens (tertiary/aromatic N) is 2. The maximum atomic E-state index is 12.1. The molecule has 0 bridgehead atoms. The summed E-state index contributed by atoms with van der Waals surface area (Å²) in [6.45, 7) is 5.79. The summed E-state index contributed by atoms with van der Waals surface area (Å²) in [6.07, 6.45) is 0.986. The Hall–Kier alpha value is -2.37. The molecule has 1 aromatic carbocycles. The molecule has 1 aromatic heterocycles. The van der Waals surface area contributed by atoms with E-state index in [2.05, 4.69) is 15.5 Å². The number of rotatable bonds is 7. The Labute approximate surface area is 136 Å². The third kappa shape index (κ3) is 4.55. The van der Waals surface area contributed by atoms with Crippen molar-refractivity contribution in [1.82, 2.24) is 15.5 Å². The second-order valence-electron chi connectivity index (χ2n) is 5.73. The van der Waals surface area contributed by atoms with Gasteiger partial charge in [0, 0.05) is 12.3 Å². The highest BCUT2D eigenvalue weighted by atomic mass is 16.5. The van der Waals surface area contributed by atoms with Crippen LogP contribution in [-0.4, -0.2) is 23.2 Å². The van der Waals surface area contributed by atoms with E-state index in [4.69, 9.17) is 9.15 Å². The summed E-state index contributed by atoms with van der Waals surface area (Å²) in [7, 11) is 1.63. The zero-order valence-corrected chi connectivity index (χ0v) is 14.0. The fraction of sp³-hybridized carbons (Fsp3) is 0.471. The lowest BCUT2D eigenvalue weighted by Crippen LogP contribution is -2.27. The van der Waals surface area contributed by atoms with Gasteiger partial charge in [0.1, 0.15) is 11.8 Å². The van der Waals surface area contributed by atoms with Gasteiger partial charge in [-0.15, -0.1) is 10.2 Å². The summed E-state index contributed by atoms with van der Waals surface area (Å²) >= 11 is 0. The van der Waals surface area contributed by atoms with Gasteiger partial charge >= 0.3 is 0 Å². The van der Waals surface area contributed by atoms with Gasteiger partial charge in [0.2, 0.25) is 17.7 Å². The second-order valence-corrected chi connectivity index (χ2v) is 5.73. The fourth-order valence-electron chi connectivity index (χ4n) is 2.19. The molecule has 0 fully saturated rings. The number of methoxy groups -OCH3 is 1.